The van der Waals surface area contributed by atoms with E-state index in [2.05, 4.69) is 0 Å². The third-order valence-electron chi connectivity index (χ3n) is 3.36. The second kappa shape index (κ2) is 4.40. The molecule has 0 saturated carbocycles. The second-order valence-corrected chi connectivity index (χ2v) is 6.52. The highest BCUT2D eigenvalue weighted by Crippen LogP contribution is 2.24. The minimum atomic E-state index is -3.37. The number of hydrogen-bond acceptors (Lipinski definition) is 3. The standard InChI is InChI=1S/C12H18N2O2S/c1-9-4-3-5-12(10(9)2)17(15,16)14-7-6-11(13)8-14/h3-5,11H,6-8,13H2,1-2H3. The summed E-state index contributed by atoms with van der Waals surface area (Å²) in [4.78, 5) is 0.409. The van der Waals surface area contributed by atoms with Crippen molar-refractivity contribution in [3.05, 3.63) is 29.3 Å². The van der Waals surface area contributed by atoms with Crippen molar-refractivity contribution in [2.75, 3.05) is 13.1 Å². The van der Waals surface area contributed by atoms with E-state index in [0.717, 1.165) is 17.5 Å². The Morgan fingerprint density at radius 2 is 2.06 bits per heavy atom. The molecule has 1 aliphatic rings. The molecule has 94 valence electrons. The lowest BCUT2D eigenvalue weighted by atomic mass is 10.1. The summed E-state index contributed by atoms with van der Waals surface area (Å²) in [5.41, 5.74) is 7.58. The van der Waals surface area contributed by atoms with Crippen LogP contribution in [0.2, 0.25) is 0 Å². The summed E-state index contributed by atoms with van der Waals surface area (Å²) in [6, 6.07) is 5.34. The molecule has 17 heavy (non-hydrogen) atoms. The SMILES string of the molecule is Cc1cccc(S(=O)(=O)N2CCC(N)C2)c1C. The molecule has 1 aromatic rings. The minimum absolute atomic E-state index is 0.0325. The summed E-state index contributed by atoms with van der Waals surface area (Å²) in [5, 5.41) is 0. The van der Waals surface area contributed by atoms with Gasteiger partial charge in [0.2, 0.25) is 10.0 Å². The van der Waals surface area contributed by atoms with Crippen molar-refractivity contribution in [1.82, 2.24) is 4.31 Å². The zero-order chi connectivity index (χ0) is 12.6. The Bertz CT molecular complexity index is 525. The van der Waals surface area contributed by atoms with Crippen LogP contribution in [0.3, 0.4) is 0 Å². The molecule has 0 radical (unpaired) electrons. The molecule has 1 aromatic carbocycles. The number of rotatable bonds is 2. The third-order valence-corrected chi connectivity index (χ3v) is 5.37. The van der Waals surface area contributed by atoms with E-state index in [1.54, 1.807) is 12.1 Å². The first kappa shape index (κ1) is 12.5. The van der Waals surface area contributed by atoms with Crippen LogP contribution in [0.15, 0.2) is 23.1 Å². The zero-order valence-electron chi connectivity index (χ0n) is 10.2. The third kappa shape index (κ3) is 2.22. The fourth-order valence-corrected chi connectivity index (χ4v) is 3.93. The van der Waals surface area contributed by atoms with Gasteiger partial charge in [-0.05, 0) is 37.5 Å². The van der Waals surface area contributed by atoms with Gasteiger partial charge in [-0.25, -0.2) is 8.42 Å². The molecule has 1 fully saturated rings. The van der Waals surface area contributed by atoms with Crippen molar-refractivity contribution in [1.29, 1.82) is 0 Å². The maximum atomic E-state index is 12.4. The van der Waals surface area contributed by atoms with Gasteiger partial charge in [0.25, 0.3) is 0 Å². The number of nitrogens with two attached hydrogens (primary N) is 1. The number of hydrogen-bond donors (Lipinski definition) is 1. The van der Waals surface area contributed by atoms with Crippen LogP contribution < -0.4 is 5.73 Å². The fraction of sp³-hybridized carbons (Fsp3) is 0.500. The molecule has 0 aromatic heterocycles. The van der Waals surface area contributed by atoms with Crippen molar-refractivity contribution >= 4 is 10.0 Å². The monoisotopic (exact) mass is 254 g/mol. The minimum Gasteiger partial charge on any atom is -0.326 e. The van der Waals surface area contributed by atoms with Crippen LogP contribution >= 0.6 is 0 Å². The average Bonchev–Trinajstić information content (AvgIpc) is 2.69. The molecular formula is C12H18N2O2S. The normalized spacial score (nSPS) is 21.9. The number of aryl methyl sites for hydroxylation is 1. The van der Waals surface area contributed by atoms with Crippen molar-refractivity contribution in [3.8, 4) is 0 Å². The maximum Gasteiger partial charge on any atom is 0.243 e. The Morgan fingerprint density at radius 1 is 1.35 bits per heavy atom. The van der Waals surface area contributed by atoms with Crippen LogP contribution in [0.1, 0.15) is 17.5 Å². The highest BCUT2D eigenvalue weighted by atomic mass is 32.2. The predicted octanol–water partition coefficient (Wildman–Crippen LogP) is 1.03. The topological polar surface area (TPSA) is 63.4 Å². The number of sulfonamides is 1. The van der Waals surface area contributed by atoms with E-state index in [-0.39, 0.29) is 6.04 Å². The first-order chi connectivity index (χ1) is 7.93. The summed E-state index contributed by atoms with van der Waals surface area (Å²) in [6.07, 6.45) is 0.740. The average molecular weight is 254 g/mol. The van der Waals surface area contributed by atoms with E-state index in [4.69, 9.17) is 5.73 Å². The van der Waals surface area contributed by atoms with Crippen LogP contribution in [-0.2, 0) is 10.0 Å². The van der Waals surface area contributed by atoms with E-state index >= 15 is 0 Å². The second-order valence-electron chi connectivity index (χ2n) is 4.61. The Labute approximate surface area is 102 Å². The quantitative estimate of drug-likeness (QED) is 0.857. The molecule has 0 aliphatic carbocycles. The number of benzene rings is 1. The van der Waals surface area contributed by atoms with Gasteiger partial charge in [-0.3, -0.25) is 0 Å². The lowest BCUT2D eigenvalue weighted by Crippen LogP contribution is -2.32. The van der Waals surface area contributed by atoms with Gasteiger partial charge in [0, 0.05) is 19.1 Å². The van der Waals surface area contributed by atoms with Crippen LogP contribution in [0, 0.1) is 13.8 Å². The lowest BCUT2D eigenvalue weighted by molar-refractivity contribution is 0.472. The van der Waals surface area contributed by atoms with Crippen LogP contribution in [0.5, 0.6) is 0 Å². The van der Waals surface area contributed by atoms with Gasteiger partial charge in [-0.1, -0.05) is 12.1 Å². The molecule has 0 bridgehead atoms. The number of nitrogens with zero attached hydrogens (tertiary/aromatic N) is 1. The summed E-state index contributed by atoms with van der Waals surface area (Å²) in [5.74, 6) is 0. The Kier molecular flexibility index (Phi) is 3.25. The van der Waals surface area contributed by atoms with Crippen molar-refractivity contribution in [2.24, 2.45) is 5.73 Å². The molecule has 4 nitrogen and oxygen atoms in total. The van der Waals surface area contributed by atoms with Crippen molar-refractivity contribution < 1.29 is 8.42 Å². The van der Waals surface area contributed by atoms with E-state index < -0.39 is 10.0 Å². The largest absolute Gasteiger partial charge is 0.326 e. The Morgan fingerprint density at radius 3 is 2.65 bits per heavy atom. The molecule has 0 amide bonds. The molecule has 2 N–H and O–H groups in total. The molecule has 5 heteroatoms. The van der Waals surface area contributed by atoms with E-state index in [9.17, 15) is 8.42 Å². The van der Waals surface area contributed by atoms with Gasteiger partial charge in [-0.2, -0.15) is 4.31 Å². The summed E-state index contributed by atoms with van der Waals surface area (Å²) in [7, 11) is -3.37. The van der Waals surface area contributed by atoms with Crippen LogP contribution in [0.25, 0.3) is 0 Å². The summed E-state index contributed by atoms with van der Waals surface area (Å²) in [6.45, 7) is 4.72. The molecule has 1 heterocycles. The van der Waals surface area contributed by atoms with Gasteiger partial charge in [0.1, 0.15) is 0 Å². The summed E-state index contributed by atoms with van der Waals surface area (Å²) >= 11 is 0. The molecule has 1 unspecified atom stereocenters. The van der Waals surface area contributed by atoms with Crippen LogP contribution in [-0.4, -0.2) is 31.9 Å². The molecular weight excluding hydrogens is 236 g/mol. The van der Waals surface area contributed by atoms with Gasteiger partial charge < -0.3 is 5.73 Å². The van der Waals surface area contributed by atoms with Crippen LogP contribution in [0.4, 0.5) is 0 Å². The van der Waals surface area contributed by atoms with Gasteiger partial charge in [0.15, 0.2) is 0 Å². The fourth-order valence-electron chi connectivity index (χ4n) is 2.11. The predicted molar refractivity (Wildman–Crippen MR) is 67.3 cm³/mol. The maximum absolute atomic E-state index is 12.4. The molecule has 1 saturated heterocycles. The lowest BCUT2D eigenvalue weighted by Gasteiger charge is -2.18. The van der Waals surface area contributed by atoms with Gasteiger partial charge >= 0.3 is 0 Å². The van der Waals surface area contributed by atoms with E-state index in [1.807, 2.05) is 19.9 Å². The smallest absolute Gasteiger partial charge is 0.243 e. The van der Waals surface area contributed by atoms with E-state index in [0.29, 0.717) is 18.0 Å². The highest BCUT2D eigenvalue weighted by molar-refractivity contribution is 7.89. The Balaban J connectivity index is 2.42. The first-order valence-corrected chi connectivity index (χ1v) is 7.19. The van der Waals surface area contributed by atoms with Gasteiger partial charge in [-0.15, -0.1) is 0 Å². The van der Waals surface area contributed by atoms with Gasteiger partial charge in [0.05, 0.1) is 4.90 Å². The molecule has 1 aliphatic heterocycles. The highest BCUT2D eigenvalue weighted by Gasteiger charge is 2.31. The molecule has 1 atom stereocenters. The molecule has 2 rings (SSSR count). The molecule has 0 spiro atoms. The van der Waals surface area contributed by atoms with E-state index in [1.165, 1.54) is 4.31 Å². The first-order valence-electron chi connectivity index (χ1n) is 5.75. The summed E-state index contributed by atoms with van der Waals surface area (Å²) < 4.78 is 26.3. The Hall–Kier alpha value is -0.910. The van der Waals surface area contributed by atoms with Crippen molar-refractivity contribution in [3.63, 3.8) is 0 Å². The van der Waals surface area contributed by atoms with Crippen molar-refractivity contribution in [2.45, 2.75) is 31.2 Å². The zero-order valence-corrected chi connectivity index (χ0v) is 11.0.